The molecule has 1 aromatic carbocycles. The van der Waals surface area contributed by atoms with Gasteiger partial charge in [0, 0.05) is 25.2 Å². The molecule has 0 aliphatic heterocycles. The van der Waals surface area contributed by atoms with Crippen molar-refractivity contribution in [1.29, 1.82) is 0 Å². The fraction of sp³-hybridized carbons (Fsp3) is 0.562. The van der Waals surface area contributed by atoms with E-state index in [-0.39, 0.29) is 5.41 Å². The SMILES string of the molecule is CCOCCCNC(N)=NCC(C)(C)c1ccc(Cl)c(Cl)c1. The topological polar surface area (TPSA) is 59.6 Å². The van der Waals surface area contributed by atoms with Crippen LogP contribution < -0.4 is 11.1 Å². The van der Waals surface area contributed by atoms with Crippen molar-refractivity contribution < 1.29 is 4.74 Å². The Morgan fingerprint density at radius 2 is 2.05 bits per heavy atom. The summed E-state index contributed by atoms with van der Waals surface area (Å²) in [6, 6.07) is 5.65. The van der Waals surface area contributed by atoms with Gasteiger partial charge in [-0.05, 0) is 31.0 Å². The van der Waals surface area contributed by atoms with E-state index in [0.717, 1.165) is 31.7 Å². The number of benzene rings is 1. The van der Waals surface area contributed by atoms with Gasteiger partial charge < -0.3 is 15.8 Å². The predicted molar refractivity (Wildman–Crippen MR) is 95.1 cm³/mol. The van der Waals surface area contributed by atoms with Crippen LogP contribution in [0.2, 0.25) is 10.0 Å². The minimum Gasteiger partial charge on any atom is -0.382 e. The Morgan fingerprint density at radius 3 is 2.68 bits per heavy atom. The number of guanidine groups is 1. The zero-order valence-electron chi connectivity index (χ0n) is 13.5. The van der Waals surface area contributed by atoms with E-state index in [1.54, 1.807) is 6.07 Å². The summed E-state index contributed by atoms with van der Waals surface area (Å²) in [5, 5.41) is 4.20. The third-order valence-corrected chi connectivity index (χ3v) is 4.06. The number of nitrogens with zero attached hydrogens (tertiary/aromatic N) is 1. The minimum atomic E-state index is -0.175. The molecule has 6 heteroatoms. The molecule has 0 unspecified atom stereocenters. The Balaban J connectivity index is 2.52. The van der Waals surface area contributed by atoms with Crippen molar-refractivity contribution in [3.63, 3.8) is 0 Å². The Bertz CT molecular complexity index is 504. The second kappa shape index (κ2) is 9.23. The second-order valence-electron chi connectivity index (χ2n) is 5.69. The van der Waals surface area contributed by atoms with E-state index in [2.05, 4.69) is 24.2 Å². The molecule has 0 atom stereocenters. The van der Waals surface area contributed by atoms with E-state index in [9.17, 15) is 0 Å². The molecule has 0 aromatic heterocycles. The average Bonchev–Trinajstić information content (AvgIpc) is 2.48. The highest BCUT2D eigenvalue weighted by Gasteiger charge is 2.21. The van der Waals surface area contributed by atoms with Gasteiger partial charge in [-0.3, -0.25) is 4.99 Å². The molecule has 0 aliphatic carbocycles. The lowest BCUT2D eigenvalue weighted by Gasteiger charge is -2.23. The van der Waals surface area contributed by atoms with E-state index < -0.39 is 0 Å². The van der Waals surface area contributed by atoms with Gasteiger partial charge >= 0.3 is 0 Å². The maximum Gasteiger partial charge on any atom is 0.188 e. The smallest absolute Gasteiger partial charge is 0.188 e. The number of nitrogens with one attached hydrogen (secondary N) is 1. The summed E-state index contributed by atoms with van der Waals surface area (Å²) in [6.45, 7) is 8.95. The molecule has 0 aliphatic rings. The maximum atomic E-state index is 6.08. The first-order valence-corrected chi connectivity index (χ1v) is 8.19. The van der Waals surface area contributed by atoms with Crippen LogP contribution in [0.5, 0.6) is 0 Å². The molecular formula is C16H25Cl2N3O. The molecule has 124 valence electrons. The molecule has 0 fully saturated rings. The van der Waals surface area contributed by atoms with Crippen LogP contribution in [0.15, 0.2) is 23.2 Å². The zero-order valence-corrected chi connectivity index (χ0v) is 15.0. The number of hydrogen-bond donors (Lipinski definition) is 2. The van der Waals surface area contributed by atoms with Crippen molar-refractivity contribution in [2.24, 2.45) is 10.7 Å². The van der Waals surface area contributed by atoms with E-state index in [1.165, 1.54) is 0 Å². The van der Waals surface area contributed by atoms with Crippen LogP contribution in [0.1, 0.15) is 32.8 Å². The molecule has 1 rings (SSSR count). The van der Waals surface area contributed by atoms with Crippen LogP contribution in [-0.2, 0) is 10.2 Å². The molecule has 3 N–H and O–H groups in total. The van der Waals surface area contributed by atoms with Crippen LogP contribution in [0.4, 0.5) is 0 Å². The molecule has 22 heavy (non-hydrogen) atoms. The Morgan fingerprint density at radius 1 is 1.32 bits per heavy atom. The molecular weight excluding hydrogens is 321 g/mol. The Kier molecular flexibility index (Phi) is 8.01. The molecule has 0 amide bonds. The number of halogens is 2. The van der Waals surface area contributed by atoms with Gasteiger partial charge in [-0.25, -0.2) is 0 Å². The highest BCUT2D eigenvalue weighted by Crippen LogP contribution is 2.30. The third kappa shape index (κ3) is 6.42. The largest absolute Gasteiger partial charge is 0.382 e. The quantitative estimate of drug-likeness (QED) is 0.430. The summed E-state index contributed by atoms with van der Waals surface area (Å²) in [4.78, 5) is 4.41. The Labute approximate surface area is 143 Å². The minimum absolute atomic E-state index is 0.175. The normalized spacial score (nSPS) is 12.5. The summed E-state index contributed by atoms with van der Waals surface area (Å²) < 4.78 is 5.26. The molecule has 0 radical (unpaired) electrons. The highest BCUT2D eigenvalue weighted by molar-refractivity contribution is 6.42. The van der Waals surface area contributed by atoms with Crippen molar-refractivity contribution in [2.45, 2.75) is 32.6 Å². The van der Waals surface area contributed by atoms with E-state index in [1.807, 2.05) is 19.1 Å². The van der Waals surface area contributed by atoms with Crippen LogP contribution in [-0.4, -0.2) is 32.3 Å². The molecule has 0 heterocycles. The summed E-state index contributed by atoms with van der Waals surface area (Å²) in [5.41, 5.74) is 6.78. The summed E-state index contributed by atoms with van der Waals surface area (Å²) in [6.07, 6.45) is 0.903. The molecule has 1 aromatic rings. The van der Waals surface area contributed by atoms with Crippen LogP contribution in [0.3, 0.4) is 0 Å². The van der Waals surface area contributed by atoms with Crippen LogP contribution in [0.25, 0.3) is 0 Å². The number of ether oxygens (including phenoxy) is 1. The van der Waals surface area contributed by atoms with Gasteiger partial charge in [0.05, 0.1) is 16.6 Å². The molecule has 0 bridgehead atoms. The number of nitrogens with two attached hydrogens (primary N) is 1. The van der Waals surface area contributed by atoms with Crippen molar-refractivity contribution in [3.8, 4) is 0 Å². The number of hydrogen-bond acceptors (Lipinski definition) is 2. The van der Waals surface area contributed by atoms with E-state index in [4.69, 9.17) is 33.7 Å². The van der Waals surface area contributed by atoms with Gasteiger partial charge in [0.2, 0.25) is 0 Å². The summed E-state index contributed by atoms with van der Waals surface area (Å²) in [7, 11) is 0. The monoisotopic (exact) mass is 345 g/mol. The molecule has 0 spiro atoms. The fourth-order valence-corrected chi connectivity index (χ4v) is 2.18. The predicted octanol–water partition coefficient (Wildman–Crippen LogP) is 3.60. The third-order valence-electron chi connectivity index (χ3n) is 3.32. The molecule has 4 nitrogen and oxygen atoms in total. The first-order valence-electron chi connectivity index (χ1n) is 7.44. The first kappa shape index (κ1) is 19.1. The van der Waals surface area contributed by atoms with E-state index in [0.29, 0.717) is 22.5 Å². The van der Waals surface area contributed by atoms with Crippen molar-refractivity contribution >= 4 is 29.2 Å². The standard InChI is InChI=1S/C16H25Cl2N3O/c1-4-22-9-5-8-20-15(19)21-11-16(2,3)12-6-7-13(17)14(18)10-12/h6-7,10H,4-5,8-9,11H2,1-3H3,(H3,19,20,21). The Hall–Kier alpha value is -0.970. The van der Waals surface area contributed by atoms with Crippen molar-refractivity contribution in [1.82, 2.24) is 5.32 Å². The van der Waals surface area contributed by atoms with Gasteiger partial charge in [-0.2, -0.15) is 0 Å². The lowest BCUT2D eigenvalue weighted by atomic mass is 9.85. The lowest BCUT2D eigenvalue weighted by molar-refractivity contribution is 0.145. The number of rotatable bonds is 8. The van der Waals surface area contributed by atoms with Crippen LogP contribution >= 0.6 is 23.2 Å². The van der Waals surface area contributed by atoms with Gasteiger partial charge in [-0.1, -0.05) is 43.1 Å². The van der Waals surface area contributed by atoms with Crippen molar-refractivity contribution in [2.75, 3.05) is 26.3 Å². The second-order valence-corrected chi connectivity index (χ2v) is 6.51. The zero-order chi connectivity index (χ0) is 16.6. The van der Waals surface area contributed by atoms with Gasteiger partial charge in [0.25, 0.3) is 0 Å². The van der Waals surface area contributed by atoms with E-state index >= 15 is 0 Å². The number of aliphatic imine (C=N–C) groups is 1. The van der Waals surface area contributed by atoms with Gasteiger partial charge in [-0.15, -0.1) is 0 Å². The van der Waals surface area contributed by atoms with Crippen molar-refractivity contribution in [3.05, 3.63) is 33.8 Å². The average molecular weight is 346 g/mol. The van der Waals surface area contributed by atoms with Gasteiger partial charge in [0.1, 0.15) is 0 Å². The summed E-state index contributed by atoms with van der Waals surface area (Å²) >= 11 is 12.0. The molecule has 0 saturated carbocycles. The first-order chi connectivity index (χ1) is 10.4. The van der Waals surface area contributed by atoms with Crippen LogP contribution in [0, 0.1) is 0 Å². The fourth-order valence-electron chi connectivity index (χ4n) is 1.88. The lowest BCUT2D eigenvalue weighted by Crippen LogP contribution is -2.34. The molecule has 0 saturated heterocycles. The van der Waals surface area contributed by atoms with Gasteiger partial charge in [0.15, 0.2) is 5.96 Å². The highest BCUT2D eigenvalue weighted by atomic mass is 35.5. The maximum absolute atomic E-state index is 6.08. The summed E-state index contributed by atoms with van der Waals surface area (Å²) in [5.74, 6) is 0.449.